The van der Waals surface area contributed by atoms with Crippen LogP contribution in [0.5, 0.6) is 11.5 Å². The highest BCUT2D eigenvalue weighted by molar-refractivity contribution is 5.31. The van der Waals surface area contributed by atoms with Crippen LogP contribution in [-0.2, 0) is 0 Å². The van der Waals surface area contributed by atoms with E-state index in [-0.39, 0.29) is 5.75 Å². The second-order valence-electron chi connectivity index (χ2n) is 3.96. The third-order valence-electron chi connectivity index (χ3n) is 2.12. The molecule has 0 fully saturated rings. The number of ether oxygens (including phenoxy) is 2. The van der Waals surface area contributed by atoms with Crippen LogP contribution in [0.1, 0.15) is 6.92 Å². The molecule has 2 unspecified atom stereocenters. The van der Waals surface area contributed by atoms with Crippen molar-refractivity contribution in [3.8, 4) is 11.5 Å². The van der Waals surface area contributed by atoms with Crippen molar-refractivity contribution < 1.29 is 35.8 Å². The number of rotatable bonds is 4. The Morgan fingerprint density at radius 2 is 1.40 bits per heavy atom. The molecule has 2 atom stereocenters. The van der Waals surface area contributed by atoms with Crippen LogP contribution >= 0.6 is 0 Å². The lowest BCUT2D eigenvalue weighted by Crippen LogP contribution is -2.47. The van der Waals surface area contributed by atoms with Gasteiger partial charge in [-0.25, -0.2) is 0 Å². The molecule has 0 saturated heterocycles. The summed E-state index contributed by atoms with van der Waals surface area (Å²) in [5.74, 6) is -0.826. The molecule has 0 heterocycles. The number of hydrogen-bond acceptors (Lipinski definition) is 3. The van der Waals surface area contributed by atoms with Crippen LogP contribution in [0.3, 0.4) is 0 Å². The zero-order valence-electron chi connectivity index (χ0n) is 10.1. The average molecular weight is 303 g/mol. The van der Waals surface area contributed by atoms with Crippen molar-refractivity contribution in [2.24, 2.45) is 5.73 Å². The van der Waals surface area contributed by atoms with Gasteiger partial charge in [0.05, 0.1) is 0 Å². The summed E-state index contributed by atoms with van der Waals surface area (Å²) < 4.78 is 81.6. The Balaban J connectivity index is 2.78. The van der Waals surface area contributed by atoms with Crippen molar-refractivity contribution in [3.63, 3.8) is 0 Å². The van der Waals surface area contributed by atoms with Gasteiger partial charge in [-0.2, -0.15) is 13.2 Å². The topological polar surface area (TPSA) is 44.5 Å². The molecule has 0 aliphatic rings. The van der Waals surface area contributed by atoms with Crippen molar-refractivity contribution >= 4 is 0 Å². The highest BCUT2D eigenvalue weighted by atomic mass is 19.4. The van der Waals surface area contributed by atoms with Gasteiger partial charge < -0.3 is 15.2 Å². The third-order valence-corrected chi connectivity index (χ3v) is 2.12. The summed E-state index contributed by atoms with van der Waals surface area (Å²) in [5, 5.41) is 0. The summed E-state index contributed by atoms with van der Waals surface area (Å²) in [6, 6.07) is 2.22. The van der Waals surface area contributed by atoms with Gasteiger partial charge in [0.25, 0.3) is 0 Å². The van der Waals surface area contributed by atoms with Gasteiger partial charge >= 0.3 is 12.5 Å². The van der Waals surface area contributed by atoms with Gasteiger partial charge in [-0.1, -0.05) is 0 Å². The number of benzene rings is 1. The van der Waals surface area contributed by atoms with Gasteiger partial charge in [0.1, 0.15) is 11.5 Å². The third kappa shape index (κ3) is 5.16. The zero-order chi connectivity index (χ0) is 15.6. The molecule has 2 N–H and O–H groups in total. The van der Waals surface area contributed by atoms with Crippen LogP contribution in [-0.4, -0.2) is 24.7 Å². The predicted octanol–water partition coefficient (Wildman–Crippen LogP) is 3.24. The van der Waals surface area contributed by atoms with E-state index in [1.807, 2.05) is 0 Å². The van der Waals surface area contributed by atoms with Crippen molar-refractivity contribution in [1.82, 2.24) is 0 Å². The minimum absolute atomic E-state index is 0.265. The highest BCUT2D eigenvalue weighted by Gasteiger charge is 2.44. The molecule has 0 bridgehead atoms. The maximum absolute atomic E-state index is 12.6. The van der Waals surface area contributed by atoms with E-state index in [2.05, 4.69) is 9.47 Å². The lowest BCUT2D eigenvalue weighted by Gasteiger charge is -2.24. The van der Waals surface area contributed by atoms with Crippen molar-refractivity contribution in [2.75, 3.05) is 0 Å². The van der Waals surface area contributed by atoms with Crippen LogP contribution in [0, 0.1) is 0 Å². The van der Waals surface area contributed by atoms with E-state index >= 15 is 0 Å². The largest absolute Gasteiger partial charge is 0.573 e. The summed E-state index contributed by atoms with van der Waals surface area (Å²) in [7, 11) is 0. The van der Waals surface area contributed by atoms with Crippen molar-refractivity contribution in [3.05, 3.63) is 24.3 Å². The van der Waals surface area contributed by atoms with Gasteiger partial charge in [-0.15, -0.1) is 13.2 Å². The summed E-state index contributed by atoms with van der Waals surface area (Å²) in [4.78, 5) is 0. The molecule has 1 aromatic carbocycles. The molecule has 0 spiro atoms. The van der Waals surface area contributed by atoms with E-state index in [0.717, 1.165) is 31.2 Å². The maximum atomic E-state index is 12.6. The first-order chi connectivity index (χ1) is 8.99. The number of nitrogens with two attached hydrogens (primary N) is 1. The Bertz CT molecular complexity index is 426. The fraction of sp³-hybridized carbons (Fsp3) is 0.455. The van der Waals surface area contributed by atoms with E-state index in [1.54, 1.807) is 0 Å². The van der Waals surface area contributed by atoms with Crippen LogP contribution in [0.15, 0.2) is 24.3 Å². The molecule has 9 heteroatoms. The van der Waals surface area contributed by atoms with E-state index in [0.29, 0.717) is 0 Å². The quantitative estimate of drug-likeness (QED) is 0.868. The summed E-state index contributed by atoms with van der Waals surface area (Å²) >= 11 is 0. The first kappa shape index (κ1) is 16.4. The fourth-order valence-corrected chi connectivity index (χ4v) is 1.34. The van der Waals surface area contributed by atoms with E-state index in [9.17, 15) is 26.3 Å². The van der Waals surface area contributed by atoms with Gasteiger partial charge in [-0.05, 0) is 31.2 Å². The Morgan fingerprint density at radius 1 is 0.950 bits per heavy atom. The summed E-state index contributed by atoms with van der Waals surface area (Å²) in [6.45, 7) is 1.11. The van der Waals surface area contributed by atoms with Crippen molar-refractivity contribution in [1.29, 1.82) is 0 Å². The molecule has 20 heavy (non-hydrogen) atoms. The fourth-order valence-electron chi connectivity index (χ4n) is 1.34. The first-order valence-electron chi connectivity index (χ1n) is 5.34. The molecular formula is C11H11F6NO2. The van der Waals surface area contributed by atoms with Crippen LogP contribution in [0.25, 0.3) is 0 Å². The molecule has 0 radical (unpaired) electrons. The summed E-state index contributed by atoms with van der Waals surface area (Å²) in [5.41, 5.74) is 5.17. The Hall–Kier alpha value is -1.64. The molecule has 0 amide bonds. The normalized spacial score (nSPS) is 15.6. The lowest BCUT2D eigenvalue weighted by molar-refractivity contribution is -0.274. The molecule has 0 saturated carbocycles. The van der Waals surface area contributed by atoms with Crippen molar-refractivity contribution in [2.45, 2.75) is 31.6 Å². The monoisotopic (exact) mass is 303 g/mol. The van der Waals surface area contributed by atoms with E-state index < -0.39 is 30.4 Å². The molecule has 1 rings (SSSR count). The minimum Gasteiger partial charge on any atom is -0.479 e. The van der Waals surface area contributed by atoms with Crippen LogP contribution < -0.4 is 15.2 Å². The second kappa shape index (κ2) is 5.78. The smallest absolute Gasteiger partial charge is 0.479 e. The lowest BCUT2D eigenvalue weighted by atomic mass is 10.2. The molecule has 114 valence electrons. The first-order valence-corrected chi connectivity index (χ1v) is 5.34. The Morgan fingerprint density at radius 3 is 1.75 bits per heavy atom. The Labute approximate surface area is 110 Å². The average Bonchev–Trinajstić information content (AvgIpc) is 2.23. The highest BCUT2D eigenvalue weighted by Crippen LogP contribution is 2.29. The second-order valence-corrected chi connectivity index (χ2v) is 3.96. The SMILES string of the molecule is CC(N)C(Oc1ccc(OC(F)(F)F)cc1)C(F)(F)F. The maximum Gasteiger partial charge on any atom is 0.573 e. The minimum atomic E-state index is -4.87. The number of halogens is 6. The molecule has 0 aliphatic heterocycles. The van der Waals surface area contributed by atoms with Gasteiger partial charge in [0, 0.05) is 6.04 Å². The number of alkyl halides is 6. The molecular weight excluding hydrogens is 292 g/mol. The van der Waals surface area contributed by atoms with E-state index in [1.165, 1.54) is 0 Å². The predicted molar refractivity (Wildman–Crippen MR) is 57.2 cm³/mol. The zero-order valence-corrected chi connectivity index (χ0v) is 10.1. The van der Waals surface area contributed by atoms with Crippen LogP contribution in [0.4, 0.5) is 26.3 Å². The Kier molecular flexibility index (Phi) is 4.74. The summed E-state index contributed by atoms with van der Waals surface area (Å²) in [6.07, 6.45) is -11.8. The molecule has 3 nitrogen and oxygen atoms in total. The standard InChI is InChI=1S/C11H11F6NO2/c1-6(18)9(10(12,13)14)19-7-2-4-8(5-3-7)20-11(15,16)17/h2-6,9H,18H2,1H3. The molecule has 1 aromatic rings. The molecule has 0 aromatic heterocycles. The van der Waals surface area contributed by atoms with Gasteiger partial charge in [0.2, 0.25) is 6.10 Å². The molecule has 0 aliphatic carbocycles. The van der Waals surface area contributed by atoms with Gasteiger partial charge in [-0.3, -0.25) is 0 Å². The van der Waals surface area contributed by atoms with Gasteiger partial charge in [0.15, 0.2) is 0 Å². The number of hydrogen-bond donors (Lipinski definition) is 1. The van der Waals surface area contributed by atoms with Crippen LogP contribution in [0.2, 0.25) is 0 Å². The van der Waals surface area contributed by atoms with E-state index in [4.69, 9.17) is 5.73 Å².